The van der Waals surface area contributed by atoms with E-state index in [2.05, 4.69) is 32.9 Å². The molecule has 1 unspecified atom stereocenters. The molecule has 0 aliphatic heterocycles. The molecule has 0 heteroatoms. The van der Waals surface area contributed by atoms with Gasteiger partial charge in [-0.15, -0.1) is 0 Å². The van der Waals surface area contributed by atoms with Crippen molar-refractivity contribution in [2.75, 3.05) is 0 Å². The molecule has 0 bridgehead atoms. The van der Waals surface area contributed by atoms with Gasteiger partial charge in [-0.3, -0.25) is 0 Å². The van der Waals surface area contributed by atoms with Crippen molar-refractivity contribution in [1.82, 2.24) is 0 Å². The van der Waals surface area contributed by atoms with Gasteiger partial charge < -0.3 is 0 Å². The van der Waals surface area contributed by atoms with E-state index in [9.17, 15) is 0 Å². The van der Waals surface area contributed by atoms with Crippen LogP contribution in [0.2, 0.25) is 0 Å². The van der Waals surface area contributed by atoms with Gasteiger partial charge in [-0.05, 0) is 19.3 Å². The van der Waals surface area contributed by atoms with Gasteiger partial charge in [0.2, 0.25) is 0 Å². The van der Waals surface area contributed by atoms with Gasteiger partial charge >= 0.3 is 0 Å². The van der Waals surface area contributed by atoms with Gasteiger partial charge in [-0.25, -0.2) is 0 Å². The first-order valence-corrected chi connectivity index (χ1v) is 5.22. The maximum atomic E-state index is 2.34. The maximum absolute atomic E-state index is 2.34. The zero-order chi connectivity index (χ0) is 8.97. The first kappa shape index (κ1) is 9.57. The van der Waals surface area contributed by atoms with Crippen LogP contribution in [0.25, 0.3) is 0 Å². The standard InChI is InChI=1S/C12H20/c1-4-7-11-9-8-10(5-2)12(11)6-3/h8-9,12H,4-7H2,1-3H3. The van der Waals surface area contributed by atoms with Gasteiger partial charge in [0.25, 0.3) is 0 Å². The highest BCUT2D eigenvalue weighted by Crippen LogP contribution is 2.33. The van der Waals surface area contributed by atoms with Crippen LogP contribution in [-0.4, -0.2) is 0 Å². The summed E-state index contributed by atoms with van der Waals surface area (Å²) in [6, 6.07) is 0. The Morgan fingerprint density at radius 1 is 1.08 bits per heavy atom. The second-order valence-corrected chi connectivity index (χ2v) is 3.55. The Balaban J connectivity index is 2.60. The Kier molecular flexibility index (Phi) is 3.58. The largest absolute Gasteiger partial charge is 0.0651 e. The Morgan fingerprint density at radius 3 is 2.25 bits per heavy atom. The van der Waals surface area contributed by atoms with Crippen LogP contribution < -0.4 is 0 Å². The van der Waals surface area contributed by atoms with Crippen molar-refractivity contribution < 1.29 is 0 Å². The maximum Gasteiger partial charge on any atom is 0.00104 e. The van der Waals surface area contributed by atoms with Gasteiger partial charge in [0.05, 0.1) is 0 Å². The molecule has 1 aliphatic carbocycles. The molecule has 0 aromatic carbocycles. The molecule has 1 atom stereocenters. The topological polar surface area (TPSA) is 0 Å². The summed E-state index contributed by atoms with van der Waals surface area (Å²) in [6.07, 6.45) is 9.76. The molecule has 0 aromatic heterocycles. The van der Waals surface area contributed by atoms with Gasteiger partial charge in [0, 0.05) is 5.92 Å². The molecular weight excluding hydrogens is 144 g/mol. The molecule has 0 spiro atoms. The molecule has 12 heavy (non-hydrogen) atoms. The van der Waals surface area contributed by atoms with Crippen LogP contribution in [-0.2, 0) is 0 Å². The van der Waals surface area contributed by atoms with Crippen LogP contribution in [0.4, 0.5) is 0 Å². The van der Waals surface area contributed by atoms with E-state index >= 15 is 0 Å². The van der Waals surface area contributed by atoms with E-state index in [4.69, 9.17) is 0 Å². The molecule has 0 saturated heterocycles. The Morgan fingerprint density at radius 2 is 1.75 bits per heavy atom. The third kappa shape index (κ3) is 1.80. The molecule has 0 aromatic rings. The molecule has 1 aliphatic rings. The Hall–Kier alpha value is -0.520. The molecular formula is C12H20. The van der Waals surface area contributed by atoms with Gasteiger partial charge in [0.15, 0.2) is 0 Å². The molecule has 0 heterocycles. The van der Waals surface area contributed by atoms with E-state index in [0.29, 0.717) is 0 Å². The minimum absolute atomic E-state index is 0.787. The van der Waals surface area contributed by atoms with Crippen molar-refractivity contribution in [2.45, 2.75) is 46.5 Å². The second-order valence-electron chi connectivity index (χ2n) is 3.55. The predicted octanol–water partition coefficient (Wildman–Crippen LogP) is 4.09. The summed E-state index contributed by atoms with van der Waals surface area (Å²) in [7, 11) is 0. The molecule has 1 rings (SSSR count). The van der Waals surface area contributed by atoms with E-state index in [1.54, 1.807) is 11.1 Å². The van der Waals surface area contributed by atoms with E-state index in [1.165, 1.54) is 25.7 Å². The van der Waals surface area contributed by atoms with Crippen molar-refractivity contribution in [1.29, 1.82) is 0 Å². The van der Waals surface area contributed by atoms with Crippen molar-refractivity contribution in [3.05, 3.63) is 23.3 Å². The summed E-state index contributed by atoms with van der Waals surface area (Å²) in [5.41, 5.74) is 3.30. The first-order chi connectivity index (χ1) is 5.83. The fraction of sp³-hybridized carbons (Fsp3) is 0.667. The number of rotatable bonds is 4. The van der Waals surface area contributed by atoms with Gasteiger partial charge in [-0.2, -0.15) is 0 Å². The van der Waals surface area contributed by atoms with Crippen LogP contribution in [0.5, 0.6) is 0 Å². The van der Waals surface area contributed by atoms with E-state index in [0.717, 1.165) is 5.92 Å². The average Bonchev–Trinajstić information content (AvgIpc) is 2.47. The summed E-state index contributed by atoms with van der Waals surface area (Å²) >= 11 is 0. The van der Waals surface area contributed by atoms with Crippen LogP contribution in [0.15, 0.2) is 23.3 Å². The second kappa shape index (κ2) is 4.49. The molecule has 0 amide bonds. The Bertz CT molecular complexity index is 196. The number of hydrogen-bond donors (Lipinski definition) is 0. The average molecular weight is 164 g/mol. The van der Waals surface area contributed by atoms with Crippen molar-refractivity contribution >= 4 is 0 Å². The quantitative estimate of drug-likeness (QED) is 0.587. The summed E-state index contributed by atoms with van der Waals surface area (Å²) in [5, 5.41) is 0. The fourth-order valence-electron chi connectivity index (χ4n) is 2.12. The minimum Gasteiger partial charge on any atom is -0.0651 e. The molecule has 0 nitrogen and oxygen atoms in total. The van der Waals surface area contributed by atoms with Gasteiger partial charge in [0.1, 0.15) is 0 Å². The number of allylic oxidation sites excluding steroid dienone is 4. The lowest BCUT2D eigenvalue weighted by Crippen LogP contribution is -2.02. The zero-order valence-electron chi connectivity index (χ0n) is 8.56. The van der Waals surface area contributed by atoms with E-state index in [-0.39, 0.29) is 0 Å². The highest BCUT2D eigenvalue weighted by atomic mass is 14.2. The fourth-order valence-corrected chi connectivity index (χ4v) is 2.12. The molecule has 0 fully saturated rings. The lowest BCUT2D eigenvalue weighted by Gasteiger charge is -2.15. The lowest BCUT2D eigenvalue weighted by atomic mass is 9.89. The Labute approximate surface area is 76.4 Å². The van der Waals surface area contributed by atoms with Crippen molar-refractivity contribution in [2.24, 2.45) is 5.92 Å². The van der Waals surface area contributed by atoms with Crippen molar-refractivity contribution in [3.8, 4) is 0 Å². The van der Waals surface area contributed by atoms with Crippen molar-refractivity contribution in [3.63, 3.8) is 0 Å². The monoisotopic (exact) mass is 164 g/mol. The van der Waals surface area contributed by atoms with E-state index in [1.807, 2.05) is 0 Å². The molecule has 0 radical (unpaired) electrons. The molecule has 0 saturated carbocycles. The predicted molar refractivity (Wildman–Crippen MR) is 55.1 cm³/mol. The highest BCUT2D eigenvalue weighted by molar-refractivity contribution is 5.34. The summed E-state index contributed by atoms with van der Waals surface area (Å²) in [6.45, 7) is 6.82. The SMILES string of the molecule is CCCC1=CC=C(CC)C1CC. The van der Waals surface area contributed by atoms with Crippen LogP contribution >= 0.6 is 0 Å². The summed E-state index contributed by atoms with van der Waals surface area (Å²) in [4.78, 5) is 0. The van der Waals surface area contributed by atoms with Crippen LogP contribution in [0.1, 0.15) is 46.5 Å². The van der Waals surface area contributed by atoms with E-state index < -0.39 is 0 Å². The van der Waals surface area contributed by atoms with Crippen LogP contribution in [0.3, 0.4) is 0 Å². The van der Waals surface area contributed by atoms with Crippen LogP contribution in [0, 0.1) is 5.92 Å². The minimum atomic E-state index is 0.787. The highest BCUT2D eigenvalue weighted by Gasteiger charge is 2.18. The third-order valence-electron chi connectivity index (χ3n) is 2.76. The first-order valence-electron chi connectivity index (χ1n) is 5.22. The lowest BCUT2D eigenvalue weighted by molar-refractivity contribution is 0.639. The zero-order valence-corrected chi connectivity index (χ0v) is 8.56. The normalized spacial score (nSPS) is 22.4. The smallest absolute Gasteiger partial charge is 0.00104 e. The van der Waals surface area contributed by atoms with Gasteiger partial charge in [-0.1, -0.05) is 50.5 Å². The summed E-state index contributed by atoms with van der Waals surface area (Å²) in [5.74, 6) is 0.787. The molecule has 0 N–H and O–H groups in total. The third-order valence-corrected chi connectivity index (χ3v) is 2.76. The summed E-state index contributed by atoms with van der Waals surface area (Å²) < 4.78 is 0. The number of hydrogen-bond acceptors (Lipinski definition) is 0. The molecule has 68 valence electrons.